The van der Waals surface area contributed by atoms with Gasteiger partial charge >= 0.3 is 5.97 Å². The summed E-state index contributed by atoms with van der Waals surface area (Å²) in [7, 11) is 0. The number of carbonyl (C=O) groups is 3. The molecule has 30 heavy (non-hydrogen) atoms. The second-order valence-corrected chi connectivity index (χ2v) is 10.3. The van der Waals surface area contributed by atoms with Gasteiger partial charge in [-0.15, -0.1) is 11.3 Å². The van der Waals surface area contributed by atoms with Crippen LogP contribution in [-0.4, -0.2) is 28.9 Å². The largest absolute Gasteiger partial charge is 0.481 e. The van der Waals surface area contributed by atoms with Gasteiger partial charge in [0.1, 0.15) is 5.00 Å². The van der Waals surface area contributed by atoms with Crippen molar-refractivity contribution in [2.24, 2.45) is 23.7 Å². The van der Waals surface area contributed by atoms with Crippen molar-refractivity contribution in [2.75, 3.05) is 5.32 Å². The van der Waals surface area contributed by atoms with Crippen LogP contribution in [-0.2, 0) is 22.4 Å². The lowest BCUT2D eigenvalue weighted by Gasteiger charge is -2.41. The fraction of sp³-hybridized carbons (Fsp3) is 0.609. The molecule has 0 radical (unpaired) electrons. The van der Waals surface area contributed by atoms with E-state index in [-0.39, 0.29) is 29.7 Å². The number of carboxylic acids is 1. The van der Waals surface area contributed by atoms with Crippen LogP contribution in [0, 0.1) is 23.7 Å². The number of aliphatic carboxylic acids is 1. The third kappa shape index (κ3) is 3.37. The Hall–Kier alpha value is -2.15. The Balaban J connectivity index is 1.40. The average Bonchev–Trinajstić information content (AvgIpc) is 3.45. The molecule has 0 aromatic carbocycles. The van der Waals surface area contributed by atoms with E-state index in [2.05, 4.69) is 10.6 Å². The minimum absolute atomic E-state index is 0.0429. The number of carbonyl (C=O) groups excluding carboxylic acids is 2. The van der Waals surface area contributed by atoms with E-state index in [1.54, 1.807) is 0 Å². The average molecular weight is 429 g/mol. The Morgan fingerprint density at radius 1 is 0.933 bits per heavy atom. The Kier molecular flexibility index (Phi) is 5.17. The molecule has 4 atom stereocenters. The number of thiophene rings is 1. The number of carboxylic acid groups (broad SMARTS) is 1. The highest BCUT2D eigenvalue weighted by atomic mass is 32.1. The molecule has 0 unspecified atom stereocenters. The van der Waals surface area contributed by atoms with Crippen LogP contribution >= 0.6 is 11.3 Å². The number of hydrogen-bond acceptors (Lipinski definition) is 4. The van der Waals surface area contributed by atoms with Crippen molar-refractivity contribution in [1.29, 1.82) is 0 Å². The van der Waals surface area contributed by atoms with Crippen molar-refractivity contribution < 1.29 is 19.5 Å². The number of allylic oxidation sites excluding steroid dienone is 2. The standard InChI is InChI=1S/C23H28N2O4S/c26-20(17-12-8-10-13(11-9-12)18(17)23(28)29)25-22-19(15-6-3-7-16(15)30-22)21(27)24-14-4-1-2-5-14/h8,10,12-14,17-18H,1-7,9,11H2,(H,24,27)(H,25,26)(H,28,29)/t12-,13-,17+,18-/m0/s1. The maximum absolute atomic E-state index is 13.3. The summed E-state index contributed by atoms with van der Waals surface area (Å²) in [5.74, 6) is -2.62. The smallest absolute Gasteiger partial charge is 0.307 e. The number of amides is 2. The SMILES string of the molecule is O=C(NC1CCCC1)c1c(NC(=O)[C@H]2[C@@H](C(=O)O)[C@H]3C=C[C@H]2CC3)sc2c1CCC2. The molecule has 2 fully saturated rings. The first-order chi connectivity index (χ1) is 14.5. The number of rotatable bonds is 5. The molecule has 0 aliphatic heterocycles. The zero-order chi connectivity index (χ0) is 20.8. The van der Waals surface area contributed by atoms with Crippen LogP contribution in [0.15, 0.2) is 12.2 Å². The van der Waals surface area contributed by atoms with Crippen LogP contribution in [0.25, 0.3) is 0 Å². The van der Waals surface area contributed by atoms with Crippen LogP contribution in [0.2, 0.25) is 0 Å². The Morgan fingerprint density at radius 2 is 1.63 bits per heavy atom. The highest BCUT2D eigenvalue weighted by molar-refractivity contribution is 7.17. The van der Waals surface area contributed by atoms with E-state index in [0.717, 1.165) is 63.4 Å². The highest BCUT2D eigenvalue weighted by Gasteiger charge is 2.48. The molecule has 3 N–H and O–H groups in total. The maximum atomic E-state index is 13.3. The molecule has 5 aliphatic carbocycles. The van der Waals surface area contributed by atoms with Gasteiger partial charge in [0.2, 0.25) is 5.91 Å². The number of aryl methyl sites for hydroxylation is 1. The lowest BCUT2D eigenvalue weighted by Crippen LogP contribution is -2.47. The third-order valence-electron chi connectivity index (χ3n) is 7.41. The second-order valence-electron chi connectivity index (χ2n) is 9.19. The van der Waals surface area contributed by atoms with Gasteiger partial charge in [0.15, 0.2) is 0 Å². The third-order valence-corrected chi connectivity index (χ3v) is 8.62. The molecule has 1 aromatic rings. The molecule has 0 spiro atoms. The summed E-state index contributed by atoms with van der Waals surface area (Å²) in [5.41, 5.74) is 1.70. The van der Waals surface area contributed by atoms with Crippen molar-refractivity contribution in [1.82, 2.24) is 5.32 Å². The van der Waals surface area contributed by atoms with Gasteiger partial charge in [0.05, 0.1) is 17.4 Å². The molecule has 2 amide bonds. The molecule has 6 rings (SSSR count). The van der Waals surface area contributed by atoms with E-state index in [0.29, 0.717) is 10.6 Å². The van der Waals surface area contributed by atoms with E-state index < -0.39 is 17.8 Å². The molecular weight excluding hydrogens is 400 g/mol. The lowest BCUT2D eigenvalue weighted by atomic mass is 9.62. The highest BCUT2D eigenvalue weighted by Crippen LogP contribution is 2.46. The molecule has 7 heteroatoms. The van der Waals surface area contributed by atoms with Gasteiger partial charge < -0.3 is 15.7 Å². The van der Waals surface area contributed by atoms with Crippen molar-refractivity contribution >= 4 is 34.1 Å². The van der Waals surface area contributed by atoms with Gasteiger partial charge in [-0.1, -0.05) is 25.0 Å². The van der Waals surface area contributed by atoms with Crippen LogP contribution in [0.4, 0.5) is 5.00 Å². The second kappa shape index (κ2) is 7.84. The molecule has 1 heterocycles. The minimum atomic E-state index is -0.901. The van der Waals surface area contributed by atoms with Gasteiger partial charge in [-0.05, 0) is 62.3 Å². The first-order valence-electron chi connectivity index (χ1n) is 11.2. The van der Waals surface area contributed by atoms with E-state index in [1.807, 2.05) is 12.2 Å². The zero-order valence-electron chi connectivity index (χ0n) is 17.0. The van der Waals surface area contributed by atoms with Crippen LogP contribution in [0.5, 0.6) is 0 Å². The Labute approximate surface area is 180 Å². The molecule has 0 saturated heterocycles. The van der Waals surface area contributed by atoms with Crippen LogP contribution in [0.3, 0.4) is 0 Å². The summed E-state index contributed by atoms with van der Waals surface area (Å²) >= 11 is 1.50. The quantitative estimate of drug-likeness (QED) is 0.622. The van der Waals surface area contributed by atoms with Gasteiger partial charge in [-0.25, -0.2) is 0 Å². The summed E-state index contributed by atoms with van der Waals surface area (Å²) in [4.78, 5) is 39.5. The first kappa shape index (κ1) is 19.8. The summed E-state index contributed by atoms with van der Waals surface area (Å²) in [6.45, 7) is 0. The normalized spacial score (nSPS) is 29.7. The molecule has 1 aromatic heterocycles. The van der Waals surface area contributed by atoms with Crippen molar-refractivity contribution in [3.8, 4) is 0 Å². The predicted octanol–water partition coefficient (Wildman–Crippen LogP) is 3.76. The van der Waals surface area contributed by atoms with Gasteiger partial charge in [-0.3, -0.25) is 14.4 Å². The Bertz CT molecular complexity index is 915. The fourth-order valence-electron chi connectivity index (χ4n) is 5.94. The van der Waals surface area contributed by atoms with E-state index in [4.69, 9.17) is 0 Å². The predicted molar refractivity (Wildman–Crippen MR) is 115 cm³/mol. The first-order valence-corrected chi connectivity index (χ1v) is 12.0. The van der Waals surface area contributed by atoms with E-state index in [9.17, 15) is 19.5 Å². The summed E-state index contributed by atoms with van der Waals surface area (Å²) in [5, 5.41) is 16.6. The zero-order valence-corrected chi connectivity index (χ0v) is 17.8. The van der Waals surface area contributed by atoms with Crippen LogP contribution < -0.4 is 10.6 Å². The molecule has 2 bridgehead atoms. The van der Waals surface area contributed by atoms with Crippen LogP contribution in [0.1, 0.15) is 65.7 Å². The number of fused-ring (bicyclic) bond motifs is 3. The maximum Gasteiger partial charge on any atom is 0.307 e. The minimum Gasteiger partial charge on any atom is -0.481 e. The van der Waals surface area contributed by atoms with Gasteiger partial charge in [-0.2, -0.15) is 0 Å². The van der Waals surface area contributed by atoms with Crippen molar-refractivity contribution in [2.45, 2.75) is 63.8 Å². The summed E-state index contributed by atoms with van der Waals surface area (Å²) in [6.07, 6.45) is 12.8. The monoisotopic (exact) mass is 428 g/mol. The van der Waals surface area contributed by atoms with Gasteiger partial charge in [0, 0.05) is 10.9 Å². The summed E-state index contributed by atoms with van der Waals surface area (Å²) in [6, 6.07) is 0.216. The number of nitrogens with one attached hydrogen (secondary N) is 2. The fourth-order valence-corrected chi connectivity index (χ4v) is 7.23. The van der Waals surface area contributed by atoms with Crippen molar-refractivity contribution in [3.63, 3.8) is 0 Å². The van der Waals surface area contributed by atoms with Gasteiger partial charge in [0.25, 0.3) is 5.91 Å². The molecule has 6 nitrogen and oxygen atoms in total. The molecular formula is C23H28N2O4S. The lowest BCUT2D eigenvalue weighted by molar-refractivity contribution is -0.151. The number of anilines is 1. The molecule has 2 saturated carbocycles. The number of hydrogen-bond donors (Lipinski definition) is 3. The van der Waals surface area contributed by atoms with E-state index >= 15 is 0 Å². The summed E-state index contributed by atoms with van der Waals surface area (Å²) < 4.78 is 0. The van der Waals surface area contributed by atoms with E-state index in [1.165, 1.54) is 16.2 Å². The topological polar surface area (TPSA) is 95.5 Å². The van der Waals surface area contributed by atoms with Crippen molar-refractivity contribution in [3.05, 3.63) is 28.2 Å². The molecule has 5 aliphatic rings. The Morgan fingerprint density at radius 3 is 2.30 bits per heavy atom. The molecule has 160 valence electrons.